The third-order valence-electron chi connectivity index (χ3n) is 5.61. The second-order valence-corrected chi connectivity index (χ2v) is 11.9. The number of benzene rings is 1. The quantitative estimate of drug-likeness (QED) is 0.0819. The van der Waals surface area contributed by atoms with E-state index < -0.39 is 108 Å². The van der Waals surface area contributed by atoms with Crippen LogP contribution in [-0.2, 0) is 44.1 Å². The van der Waals surface area contributed by atoms with Gasteiger partial charge in [-0.05, 0) is 26.7 Å². The second kappa shape index (κ2) is 14.8. The number of hydrogen-bond acceptors (Lipinski definition) is 12. The van der Waals surface area contributed by atoms with E-state index in [4.69, 9.17) is 0 Å². The molecule has 0 aromatic heterocycles. The van der Waals surface area contributed by atoms with Gasteiger partial charge in [-0.15, -0.1) is 0 Å². The summed E-state index contributed by atoms with van der Waals surface area (Å²) in [5.74, 6) is -16.9. The van der Waals surface area contributed by atoms with Crippen LogP contribution < -0.4 is 4.74 Å². The first-order chi connectivity index (χ1) is 19.6. The van der Waals surface area contributed by atoms with Gasteiger partial charge in [-0.1, -0.05) is 20.8 Å². The molecule has 0 radical (unpaired) electrons. The van der Waals surface area contributed by atoms with Gasteiger partial charge in [0.1, 0.15) is 28.2 Å². The first-order valence-corrected chi connectivity index (χ1v) is 14.5. The van der Waals surface area contributed by atoms with Crippen molar-refractivity contribution in [2.75, 3.05) is 13.2 Å². The maximum atomic E-state index is 13.5. The molecule has 0 spiro atoms. The van der Waals surface area contributed by atoms with Gasteiger partial charge in [-0.3, -0.25) is 9.59 Å². The molecule has 2 unspecified atom stereocenters. The maximum absolute atomic E-state index is 13.5. The lowest BCUT2D eigenvalue weighted by atomic mass is 9.91. The Morgan fingerprint density at radius 1 is 0.795 bits per heavy atom. The summed E-state index contributed by atoms with van der Waals surface area (Å²) in [4.78, 5) is 31.6. The highest BCUT2D eigenvalue weighted by Crippen LogP contribution is 2.39. The monoisotopic (exact) mass is 696 g/mol. The predicted molar refractivity (Wildman–Crippen MR) is 125 cm³/mol. The fraction of sp³-hybridized carbons (Fsp3) is 0.591. The minimum Gasteiger partial charge on any atom is -0.745 e. The molecule has 0 fully saturated rings. The molecular formula is C22H24F8O12S2-2. The van der Waals surface area contributed by atoms with Crippen LogP contribution in [0.25, 0.3) is 0 Å². The Morgan fingerprint density at radius 3 is 1.52 bits per heavy atom. The van der Waals surface area contributed by atoms with Crippen LogP contribution in [0.1, 0.15) is 47.5 Å². The van der Waals surface area contributed by atoms with Crippen molar-refractivity contribution in [2.24, 2.45) is 11.3 Å². The number of rotatable bonds is 11. The van der Waals surface area contributed by atoms with Gasteiger partial charge in [0, 0.05) is 0 Å². The fourth-order valence-electron chi connectivity index (χ4n) is 2.33. The molecule has 12 nitrogen and oxygen atoms in total. The van der Waals surface area contributed by atoms with Crippen molar-refractivity contribution >= 4 is 38.1 Å². The van der Waals surface area contributed by atoms with Gasteiger partial charge in [-0.2, -0.15) is 22.0 Å². The Bertz CT molecular complexity index is 1430. The standard InChI is InChI=1S/C11H16F4O7S.C11H10F4O5S/c1-4-9(2,3)7(16)21-5-6-22-8(17)10(12,11(13,14)15)23(18,19)20;1-3-4(2)11(16)20-9-5(12)7(14)10(21(17,18)19)8(15)6(9)13/h4-6H2,1-3H3,(H,18,19,20);4H,3H2,1-2H3,(H,17,18,19)/p-2. The van der Waals surface area contributed by atoms with Crippen LogP contribution >= 0.6 is 0 Å². The summed E-state index contributed by atoms with van der Waals surface area (Å²) < 4.78 is 180. The van der Waals surface area contributed by atoms with Gasteiger partial charge in [0.25, 0.3) is 0 Å². The summed E-state index contributed by atoms with van der Waals surface area (Å²) in [6.45, 7) is 5.79. The van der Waals surface area contributed by atoms with E-state index in [1.54, 1.807) is 13.8 Å². The van der Waals surface area contributed by atoms with Crippen molar-refractivity contribution in [1.29, 1.82) is 0 Å². The first kappa shape index (κ1) is 40.9. The average Bonchev–Trinajstić information content (AvgIpc) is 2.89. The van der Waals surface area contributed by atoms with E-state index in [0.717, 1.165) is 0 Å². The van der Waals surface area contributed by atoms with Gasteiger partial charge in [0.15, 0.2) is 21.8 Å². The summed E-state index contributed by atoms with van der Waals surface area (Å²) >= 11 is 0. The van der Waals surface area contributed by atoms with Gasteiger partial charge in [-0.25, -0.2) is 34.8 Å². The molecule has 0 aliphatic rings. The van der Waals surface area contributed by atoms with Crippen LogP contribution in [0.2, 0.25) is 0 Å². The lowest BCUT2D eigenvalue weighted by Crippen LogP contribution is -2.55. The van der Waals surface area contributed by atoms with E-state index in [2.05, 4.69) is 14.2 Å². The second-order valence-electron chi connectivity index (χ2n) is 9.16. The SMILES string of the molecule is CCC(C)(C)C(=O)OCCOC(=O)C(F)(C(F)(F)F)S(=O)(=O)[O-].CCC(C)C(=O)Oc1c(F)c(F)c(S(=O)(=O)[O-])c(F)c1F. The molecule has 0 N–H and O–H groups in total. The first-order valence-electron chi connectivity index (χ1n) is 11.7. The Morgan fingerprint density at radius 2 is 1.20 bits per heavy atom. The van der Waals surface area contributed by atoms with E-state index in [0.29, 0.717) is 6.42 Å². The molecule has 1 aromatic rings. The number of halogens is 8. The number of ether oxygens (including phenoxy) is 3. The van der Waals surface area contributed by atoms with Gasteiger partial charge in [0.05, 0.1) is 11.3 Å². The van der Waals surface area contributed by atoms with Crippen molar-refractivity contribution < 1.29 is 89.7 Å². The van der Waals surface area contributed by atoms with E-state index in [-0.39, 0.29) is 6.42 Å². The van der Waals surface area contributed by atoms with Crippen LogP contribution in [0, 0.1) is 34.6 Å². The molecular weight excluding hydrogens is 672 g/mol. The van der Waals surface area contributed by atoms with E-state index in [1.807, 2.05) is 0 Å². The van der Waals surface area contributed by atoms with Crippen molar-refractivity contribution in [3.63, 3.8) is 0 Å². The third kappa shape index (κ3) is 9.44. The summed E-state index contributed by atoms with van der Waals surface area (Å²) in [6.07, 6.45) is -5.71. The van der Waals surface area contributed by atoms with Gasteiger partial charge < -0.3 is 23.3 Å². The molecule has 22 heteroatoms. The number of hydrogen-bond donors (Lipinski definition) is 0. The number of carbonyl (C=O) groups is 3. The molecule has 0 saturated heterocycles. The van der Waals surface area contributed by atoms with Crippen LogP contribution in [-0.4, -0.2) is 68.2 Å². The third-order valence-corrected chi connectivity index (χ3v) is 7.55. The molecule has 2 atom stereocenters. The largest absolute Gasteiger partial charge is 0.745 e. The smallest absolute Gasteiger partial charge is 0.447 e. The van der Waals surface area contributed by atoms with Crippen molar-refractivity contribution in [3.05, 3.63) is 23.3 Å². The van der Waals surface area contributed by atoms with Crippen molar-refractivity contribution in [1.82, 2.24) is 0 Å². The Balaban J connectivity index is 0.000000843. The topological polar surface area (TPSA) is 193 Å². The molecule has 0 aliphatic heterocycles. The number of esters is 3. The summed E-state index contributed by atoms with van der Waals surface area (Å²) in [5, 5.41) is -5.73. The Hall–Kier alpha value is -3.11. The van der Waals surface area contributed by atoms with Gasteiger partial charge >= 0.3 is 29.1 Å². The van der Waals surface area contributed by atoms with Crippen LogP contribution in [0.5, 0.6) is 5.75 Å². The zero-order valence-corrected chi connectivity index (χ0v) is 24.8. The van der Waals surface area contributed by atoms with Crippen LogP contribution in [0.4, 0.5) is 35.1 Å². The normalized spacial score (nSPS) is 14.4. The van der Waals surface area contributed by atoms with Crippen LogP contribution in [0.15, 0.2) is 4.90 Å². The Kier molecular flexibility index (Phi) is 13.7. The van der Waals surface area contributed by atoms with E-state index >= 15 is 0 Å². The fourth-order valence-corrected chi connectivity index (χ4v) is 3.49. The zero-order chi connectivity index (χ0) is 35.2. The summed E-state index contributed by atoms with van der Waals surface area (Å²) in [7, 11) is -12.5. The highest BCUT2D eigenvalue weighted by molar-refractivity contribution is 7.87. The molecule has 0 saturated carbocycles. The molecule has 0 amide bonds. The Labute approximate surface area is 245 Å². The number of carbonyl (C=O) groups excluding carboxylic acids is 3. The predicted octanol–water partition coefficient (Wildman–Crippen LogP) is 3.38. The van der Waals surface area contributed by atoms with Crippen molar-refractivity contribution in [2.45, 2.75) is 63.5 Å². The number of alkyl halides is 4. The van der Waals surface area contributed by atoms with Crippen LogP contribution in [0.3, 0.4) is 0 Å². The summed E-state index contributed by atoms with van der Waals surface area (Å²) in [6, 6.07) is 0. The molecule has 1 aromatic carbocycles. The minimum absolute atomic E-state index is 0.222. The van der Waals surface area contributed by atoms with Crippen molar-refractivity contribution in [3.8, 4) is 5.75 Å². The lowest BCUT2D eigenvalue weighted by molar-refractivity contribution is -0.216. The van der Waals surface area contributed by atoms with E-state index in [9.17, 15) is 75.4 Å². The highest BCUT2D eigenvalue weighted by Gasteiger charge is 2.69. The van der Waals surface area contributed by atoms with E-state index in [1.165, 1.54) is 20.8 Å². The zero-order valence-electron chi connectivity index (χ0n) is 23.1. The average molecular weight is 697 g/mol. The minimum atomic E-state index is -6.73. The summed E-state index contributed by atoms with van der Waals surface area (Å²) in [5.41, 5.74) is -0.905. The molecule has 0 heterocycles. The lowest BCUT2D eigenvalue weighted by Gasteiger charge is -2.27. The van der Waals surface area contributed by atoms with Gasteiger partial charge in [0.2, 0.25) is 17.4 Å². The molecule has 44 heavy (non-hydrogen) atoms. The molecule has 254 valence electrons. The molecule has 1 rings (SSSR count). The highest BCUT2D eigenvalue weighted by atomic mass is 32.2. The maximum Gasteiger partial charge on any atom is 0.447 e. The molecule has 0 bridgehead atoms. The molecule has 0 aliphatic carbocycles.